The molecule has 0 aliphatic heterocycles. The van der Waals surface area contributed by atoms with Crippen LogP contribution in [0.1, 0.15) is 13.8 Å². The lowest BCUT2D eigenvalue weighted by Crippen LogP contribution is -2.05. The zero-order chi connectivity index (χ0) is 17.1. The van der Waals surface area contributed by atoms with Crippen LogP contribution in [0.4, 0.5) is 5.82 Å². The summed E-state index contributed by atoms with van der Waals surface area (Å²) < 4.78 is 10.9. The van der Waals surface area contributed by atoms with Gasteiger partial charge in [0.2, 0.25) is 5.82 Å². The van der Waals surface area contributed by atoms with Gasteiger partial charge in [-0.2, -0.15) is 4.98 Å². The lowest BCUT2D eigenvalue weighted by Gasteiger charge is -2.11. The molecule has 0 unspecified atom stereocenters. The van der Waals surface area contributed by atoms with Gasteiger partial charge in [0.1, 0.15) is 5.75 Å². The topological polar surface area (TPSA) is 86.0 Å². The summed E-state index contributed by atoms with van der Waals surface area (Å²) in [7, 11) is 1.75. The van der Waals surface area contributed by atoms with Crippen molar-refractivity contribution in [2.45, 2.75) is 20.0 Å². The van der Waals surface area contributed by atoms with Crippen LogP contribution in [0.5, 0.6) is 5.75 Å². The van der Waals surface area contributed by atoms with Gasteiger partial charge in [-0.25, -0.2) is 9.97 Å². The van der Waals surface area contributed by atoms with Crippen molar-refractivity contribution in [3.05, 3.63) is 35.6 Å². The van der Waals surface area contributed by atoms with Crippen molar-refractivity contribution in [1.29, 1.82) is 0 Å². The van der Waals surface area contributed by atoms with E-state index in [1.54, 1.807) is 31.6 Å². The Hall–Kier alpha value is -2.67. The number of ether oxygens (including phenoxy) is 1. The van der Waals surface area contributed by atoms with Gasteiger partial charge in [-0.3, -0.25) is 0 Å². The van der Waals surface area contributed by atoms with E-state index in [1.807, 2.05) is 19.9 Å². The van der Waals surface area contributed by atoms with Crippen LogP contribution in [0.15, 0.2) is 35.1 Å². The van der Waals surface area contributed by atoms with Crippen molar-refractivity contribution in [3.8, 4) is 28.7 Å². The van der Waals surface area contributed by atoms with Crippen LogP contribution in [0, 0.1) is 0 Å². The normalized spacial score (nSPS) is 10.9. The zero-order valence-electron chi connectivity index (χ0n) is 13.4. The molecule has 124 valence electrons. The SMILES string of the molecule is CNc1nccnc1-c1noc(-c2ccc(OC(C)C)c(Cl)c2)n1. The van der Waals surface area contributed by atoms with Crippen molar-refractivity contribution in [3.63, 3.8) is 0 Å². The summed E-state index contributed by atoms with van der Waals surface area (Å²) >= 11 is 6.25. The minimum atomic E-state index is 0.0416. The van der Waals surface area contributed by atoms with E-state index >= 15 is 0 Å². The van der Waals surface area contributed by atoms with Crippen LogP contribution in [0.2, 0.25) is 5.02 Å². The first-order valence-corrected chi connectivity index (χ1v) is 7.75. The molecule has 0 radical (unpaired) electrons. The standard InChI is InChI=1S/C16H16ClN5O2/c1-9(2)23-12-5-4-10(8-11(12)17)16-21-15(22-24-16)13-14(18-3)20-7-6-19-13/h4-9H,1-3H3,(H,18,20). The lowest BCUT2D eigenvalue weighted by atomic mass is 10.2. The monoisotopic (exact) mass is 345 g/mol. The maximum absolute atomic E-state index is 6.25. The van der Waals surface area contributed by atoms with Crippen LogP contribution >= 0.6 is 11.6 Å². The molecule has 0 fully saturated rings. The summed E-state index contributed by atoms with van der Waals surface area (Å²) in [6, 6.07) is 5.33. The molecule has 0 aliphatic carbocycles. The Balaban J connectivity index is 1.92. The average Bonchev–Trinajstić information content (AvgIpc) is 3.06. The molecule has 0 atom stereocenters. The summed E-state index contributed by atoms with van der Waals surface area (Å²) in [6.07, 6.45) is 3.20. The number of hydrogen-bond acceptors (Lipinski definition) is 7. The maximum Gasteiger partial charge on any atom is 0.258 e. The number of nitrogens with zero attached hydrogens (tertiary/aromatic N) is 4. The van der Waals surface area contributed by atoms with E-state index < -0.39 is 0 Å². The van der Waals surface area contributed by atoms with Crippen LogP contribution < -0.4 is 10.1 Å². The van der Waals surface area contributed by atoms with Gasteiger partial charge in [-0.05, 0) is 32.0 Å². The van der Waals surface area contributed by atoms with E-state index in [0.29, 0.717) is 39.6 Å². The highest BCUT2D eigenvalue weighted by Crippen LogP contribution is 2.31. The minimum absolute atomic E-state index is 0.0416. The van der Waals surface area contributed by atoms with E-state index in [0.717, 1.165) is 0 Å². The number of nitrogens with one attached hydrogen (secondary N) is 1. The van der Waals surface area contributed by atoms with Gasteiger partial charge in [0, 0.05) is 25.0 Å². The highest BCUT2D eigenvalue weighted by atomic mass is 35.5. The number of anilines is 1. The minimum Gasteiger partial charge on any atom is -0.489 e. The van der Waals surface area contributed by atoms with Gasteiger partial charge in [0.15, 0.2) is 11.5 Å². The largest absolute Gasteiger partial charge is 0.489 e. The maximum atomic E-state index is 6.25. The molecule has 2 aromatic heterocycles. The Morgan fingerprint density at radius 1 is 1.21 bits per heavy atom. The van der Waals surface area contributed by atoms with Crippen molar-refractivity contribution in [1.82, 2.24) is 20.1 Å². The third-order valence-electron chi connectivity index (χ3n) is 3.11. The predicted octanol–water partition coefficient (Wildman–Crippen LogP) is 3.68. The van der Waals surface area contributed by atoms with E-state index in [1.165, 1.54) is 0 Å². The van der Waals surface area contributed by atoms with Crippen molar-refractivity contribution in [2.24, 2.45) is 0 Å². The van der Waals surface area contributed by atoms with Crippen LogP contribution in [-0.4, -0.2) is 33.3 Å². The molecule has 0 aliphatic rings. The first-order chi connectivity index (χ1) is 11.6. The lowest BCUT2D eigenvalue weighted by molar-refractivity contribution is 0.242. The average molecular weight is 346 g/mol. The fraction of sp³-hybridized carbons (Fsp3) is 0.250. The second-order valence-electron chi connectivity index (χ2n) is 5.24. The molecule has 24 heavy (non-hydrogen) atoms. The van der Waals surface area contributed by atoms with Gasteiger partial charge in [0.05, 0.1) is 11.1 Å². The predicted molar refractivity (Wildman–Crippen MR) is 91.1 cm³/mol. The summed E-state index contributed by atoms with van der Waals surface area (Å²) in [4.78, 5) is 12.8. The zero-order valence-corrected chi connectivity index (χ0v) is 14.2. The second kappa shape index (κ2) is 6.84. The Kier molecular flexibility index (Phi) is 4.61. The molecule has 1 aromatic carbocycles. The quantitative estimate of drug-likeness (QED) is 0.754. The molecule has 3 rings (SSSR count). The van der Waals surface area contributed by atoms with Crippen molar-refractivity contribution < 1.29 is 9.26 Å². The van der Waals surface area contributed by atoms with Gasteiger partial charge in [-0.15, -0.1) is 0 Å². The second-order valence-corrected chi connectivity index (χ2v) is 5.65. The number of hydrogen-bond donors (Lipinski definition) is 1. The third kappa shape index (κ3) is 3.30. The van der Waals surface area contributed by atoms with E-state index in [-0.39, 0.29) is 6.10 Å². The molecule has 3 aromatic rings. The van der Waals surface area contributed by atoms with Crippen LogP contribution in [0.3, 0.4) is 0 Å². The van der Waals surface area contributed by atoms with Gasteiger partial charge < -0.3 is 14.6 Å². The summed E-state index contributed by atoms with van der Waals surface area (Å²) in [5.41, 5.74) is 1.21. The highest BCUT2D eigenvalue weighted by Gasteiger charge is 2.16. The molecule has 1 N–H and O–H groups in total. The summed E-state index contributed by atoms with van der Waals surface area (Å²) in [5.74, 6) is 1.88. The highest BCUT2D eigenvalue weighted by molar-refractivity contribution is 6.32. The van der Waals surface area contributed by atoms with Crippen molar-refractivity contribution >= 4 is 17.4 Å². The molecule has 2 heterocycles. The molecular weight excluding hydrogens is 330 g/mol. The third-order valence-corrected chi connectivity index (χ3v) is 3.41. The van der Waals surface area contributed by atoms with Crippen LogP contribution in [0.25, 0.3) is 23.0 Å². The van der Waals surface area contributed by atoms with E-state index in [2.05, 4.69) is 25.4 Å². The molecule has 0 saturated carbocycles. The van der Waals surface area contributed by atoms with Gasteiger partial charge in [0.25, 0.3) is 5.89 Å². The number of halogens is 1. The Morgan fingerprint density at radius 3 is 2.71 bits per heavy atom. The molecule has 0 bridgehead atoms. The Bertz CT molecular complexity index is 850. The van der Waals surface area contributed by atoms with E-state index in [4.69, 9.17) is 20.9 Å². The fourth-order valence-corrected chi connectivity index (χ4v) is 2.33. The summed E-state index contributed by atoms with van der Waals surface area (Å²) in [6.45, 7) is 3.88. The van der Waals surface area contributed by atoms with Crippen LogP contribution in [-0.2, 0) is 0 Å². The molecular formula is C16H16ClN5O2. The first kappa shape index (κ1) is 16.2. The van der Waals surface area contributed by atoms with E-state index in [9.17, 15) is 0 Å². The molecule has 0 spiro atoms. The van der Waals surface area contributed by atoms with Crippen molar-refractivity contribution in [2.75, 3.05) is 12.4 Å². The van der Waals surface area contributed by atoms with Gasteiger partial charge >= 0.3 is 0 Å². The number of aromatic nitrogens is 4. The van der Waals surface area contributed by atoms with Gasteiger partial charge in [-0.1, -0.05) is 16.8 Å². The Labute approximate surface area is 144 Å². The smallest absolute Gasteiger partial charge is 0.258 e. The molecule has 8 heteroatoms. The number of benzene rings is 1. The fourth-order valence-electron chi connectivity index (χ4n) is 2.10. The first-order valence-electron chi connectivity index (χ1n) is 7.38. The molecule has 7 nitrogen and oxygen atoms in total. The summed E-state index contributed by atoms with van der Waals surface area (Å²) in [5, 5.41) is 7.40. The Morgan fingerprint density at radius 2 is 2.00 bits per heavy atom. The molecule has 0 saturated heterocycles. The molecule has 0 amide bonds. The number of rotatable bonds is 5.